The van der Waals surface area contributed by atoms with Gasteiger partial charge in [0.2, 0.25) is 5.91 Å². The molecule has 2 aromatic carbocycles. The highest BCUT2D eigenvalue weighted by Gasteiger charge is 2.20. The maximum Gasteiger partial charge on any atom is 0.237 e. The summed E-state index contributed by atoms with van der Waals surface area (Å²) in [4.78, 5) is 12.3. The van der Waals surface area contributed by atoms with Crippen LogP contribution in [0.4, 0.5) is 0 Å². The van der Waals surface area contributed by atoms with Gasteiger partial charge in [-0.05, 0) is 42.3 Å². The molecular weight excluding hydrogens is 340 g/mol. The fourth-order valence-corrected chi connectivity index (χ4v) is 3.03. The average molecular weight is 362 g/mol. The van der Waals surface area contributed by atoms with E-state index in [1.807, 2.05) is 12.1 Å². The molecule has 2 rings (SSSR count). The number of methoxy groups -OCH3 is 1. The molecule has 0 spiro atoms. The summed E-state index contributed by atoms with van der Waals surface area (Å²) >= 11 is 0. The Morgan fingerprint density at radius 1 is 1.12 bits per heavy atom. The van der Waals surface area contributed by atoms with Crippen molar-refractivity contribution in [3.05, 3.63) is 59.7 Å². The maximum atomic E-state index is 12.1. The molecule has 2 atom stereocenters. The minimum absolute atomic E-state index is 0.193. The van der Waals surface area contributed by atoms with Crippen molar-refractivity contribution in [1.82, 2.24) is 5.32 Å². The van der Waals surface area contributed by atoms with Gasteiger partial charge in [0.15, 0.2) is 9.84 Å². The summed E-state index contributed by atoms with van der Waals surface area (Å²) in [6.45, 7) is 1.59. The van der Waals surface area contributed by atoms with Crippen LogP contribution in [-0.4, -0.2) is 33.7 Å². The number of hydrogen-bond acceptors (Lipinski definition) is 5. The Bertz CT molecular complexity index is 846. The Labute approximate surface area is 147 Å². The lowest BCUT2D eigenvalue weighted by molar-refractivity contribution is -0.122. The molecule has 1 amide bonds. The summed E-state index contributed by atoms with van der Waals surface area (Å²) in [6.07, 6.45) is 1.15. The number of ether oxygens (including phenoxy) is 1. The molecule has 6 nitrogen and oxygen atoms in total. The van der Waals surface area contributed by atoms with Crippen LogP contribution in [0.2, 0.25) is 0 Å². The van der Waals surface area contributed by atoms with Crippen molar-refractivity contribution < 1.29 is 17.9 Å². The molecule has 0 saturated heterocycles. The zero-order valence-electron chi connectivity index (χ0n) is 14.4. The predicted molar refractivity (Wildman–Crippen MR) is 96.2 cm³/mol. The first-order valence-corrected chi connectivity index (χ1v) is 9.61. The van der Waals surface area contributed by atoms with Crippen molar-refractivity contribution in [3.8, 4) is 5.75 Å². The van der Waals surface area contributed by atoms with Crippen LogP contribution in [0, 0.1) is 0 Å². The summed E-state index contributed by atoms with van der Waals surface area (Å²) in [7, 11) is -1.78. The molecule has 1 unspecified atom stereocenters. The Balaban J connectivity index is 2.48. The molecule has 0 heterocycles. The third kappa shape index (κ3) is 4.80. The second-order valence-corrected chi connectivity index (χ2v) is 7.86. The first-order chi connectivity index (χ1) is 11.7. The van der Waals surface area contributed by atoms with Crippen molar-refractivity contribution in [2.45, 2.75) is 23.9 Å². The fourth-order valence-electron chi connectivity index (χ4n) is 2.35. The van der Waals surface area contributed by atoms with Gasteiger partial charge in [0.1, 0.15) is 5.75 Å². The van der Waals surface area contributed by atoms with E-state index in [2.05, 4.69) is 5.32 Å². The van der Waals surface area contributed by atoms with E-state index < -0.39 is 21.9 Å². The molecular formula is C18H22N2O4S. The van der Waals surface area contributed by atoms with Gasteiger partial charge < -0.3 is 15.8 Å². The van der Waals surface area contributed by atoms with Gasteiger partial charge in [-0.1, -0.05) is 24.3 Å². The Morgan fingerprint density at radius 2 is 1.76 bits per heavy atom. The third-order valence-electron chi connectivity index (χ3n) is 3.77. The third-order valence-corrected chi connectivity index (χ3v) is 4.88. The van der Waals surface area contributed by atoms with Gasteiger partial charge in [-0.25, -0.2) is 8.42 Å². The SMILES string of the molecule is COc1ccc(C(NC(=O)[C@@H](C)N)c2cccc(S(C)(=O)=O)c2)cc1. The summed E-state index contributed by atoms with van der Waals surface area (Å²) in [5.41, 5.74) is 7.10. The molecule has 25 heavy (non-hydrogen) atoms. The van der Waals surface area contributed by atoms with Gasteiger partial charge in [0, 0.05) is 6.26 Å². The van der Waals surface area contributed by atoms with Gasteiger partial charge in [0.05, 0.1) is 24.1 Å². The zero-order chi connectivity index (χ0) is 18.6. The molecule has 0 fully saturated rings. The lowest BCUT2D eigenvalue weighted by atomic mass is 9.98. The van der Waals surface area contributed by atoms with Crippen LogP contribution >= 0.6 is 0 Å². The molecule has 0 saturated carbocycles. The second-order valence-electron chi connectivity index (χ2n) is 5.85. The van der Waals surface area contributed by atoms with Crippen molar-refractivity contribution in [2.24, 2.45) is 5.73 Å². The average Bonchev–Trinajstić information content (AvgIpc) is 2.59. The summed E-state index contributed by atoms with van der Waals surface area (Å²) in [5.74, 6) is 0.358. The molecule has 3 N–H and O–H groups in total. The summed E-state index contributed by atoms with van der Waals surface area (Å²) in [6, 6.07) is 12.5. The Kier molecular flexibility index (Phi) is 5.81. The number of nitrogens with two attached hydrogens (primary N) is 1. The minimum atomic E-state index is -3.35. The zero-order valence-corrected chi connectivity index (χ0v) is 15.2. The van der Waals surface area contributed by atoms with Gasteiger partial charge in [0.25, 0.3) is 0 Å². The van der Waals surface area contributed by atoms with Crippen LogP contribution in [0.1, 0.15) is 24.1 Å². The number of carbonyl (C=O) groups is 1. The van der Waals surface area contributed by atoms with E-state index in [9.17, 15) is 13.2 Å². The quantitative estimate of drug-likeness (QED) is 0.814. The van der Waals surface area contributed by atoms with Crippen LogP contribution in [0.3, 0.4) is 0 Å². The molecule has 0 aliphatic heterocycles. The molecule has 2 aromatic rings. The largest absolute Gasteiger partial charge is 0.497 e. The normalized spacial score (nSPS) is 13.8. The lowest BCUT2D eigenvalue weighted by Crippen LogP contribution is -2.40. The number of hydrogen-bond donors (Lipinski definition) is 2. The Morgan fingerprint density at radius 3 is 2.28 bits per heavy atom. The molecule has 134 valence electrons. The fraction of sp³-hybridized carbons (Fsp3) is 0.278. The van der Waals surface area contributed by atoms with E-state index in [0.717, 1.165) is 11.8 Å². The van der Waals surface area contributed by atoms with E-state index in [1.54, 1.807) is 44.4 Å². The van der Waals surface area contributed by atoms with Crippen LogP contribution in [0.15, 0.2) is 53.4 Å². The number of nitrogens with one attached hydrogen (secondary N) is 1. The van der Waals surface area contributed by atoms with Crippen molar-refractivity contribution in [2.75, 3.05) is 13.4 Å². The van der Waals surface area contributed by atoms with Crippen LogP contribution in [0.25, 0.3) is 0 Å². The first kappa shape index (κ1) is 19.0. The highest BCUT2D eigenvalue weighted by molar-refractivity contribution is 7.90. The van der Waals surface area contributed by atoms with Crippen LogP contribution in [-0.2, 0) is 14.6 Å². The van der Waals surface area contributed by atoms with E-state index in [1.165, 1.54) is 6.07 Å². The molecule has 0 aromatic heterocycles. The number of amides is 1. The van der Waals surface area contributed by atoms with Crippen molar-refractivity contribution in [3.63, 3.8) is 0 Å². The highest BCUT2D eigenvalue weighted by Crippen LogP contribution is 2.26. The van der Waals surface area contributed by atoms with E-state index >= 15 is 0 Å². The monoisotopic (exact) mass is 362 g/mol. The smallest absolute Gasteiger partial charge is 0.237 e. The van der Waals surface area contributed by atoms with Gasteiger partial charge in [-0.15, -0.1) is 0 Å². The first-order valence-electron chi connectivity index (χ1n) is 7.72. The van der Waals surface area contributed by atoms with E-state index in [-0.39, 0.29) is 10.8 Å². The number of carbonyl (C=O) groups excluding carboxylic acids is 1. The molecule has 0 bridgehead atoms. The van der Waals surface area contributed by atoms with Gasteiger partial charge in [-0.3, -0.25) is 4.79 Å². The topological polar surface area (TPSA) is 98.5 Å². The van der Waals surface area contributed by atoms with Crippen molar-refractivity contribution >= 4 is 15.7 Å². The highest BCUT2D eigenvalue weighted by atomic mass is 32.2. The number of rotatable bonds is 6. The van der Waals surface area contributed by atoms with Crippen LogP contribution in [0.5, 0.6) is 5.75 Å². The van der Waals surface area contributed by atoms with Crippen LogP contribution < -0.4 is 15.8 Å². The lowest BCUT2D eigenvalue weighted by Gasteiger charge is -2.22. The second kappa shape index (κ2) is 7.67. The maximum absolute atomic E-state index is 12.1. The Hall–Kier alpha value is -2.38. The minimum Gasteiger partial charge on any atom is -0.497 e. The summed E-state index contributed by atoms with van der Waals surface area (Å²) < 4.78 is 28.8. The molecule has 0 radical (unpaired) electrons. The van der Waals surface area contributed by atoms with Crippen molar-refractivity contribution in [1.29, 1.82) is 0 Å². The number of benzene rings is 2. The van der Waals surface area contributed by atoms with Gasteiger partial charge >= 0.3 is 0 Å². The molecule has 0 aliphatic rings. The summed E-state index contributed by atoms with van der Waals surface area (Å²) in [5, 5.41) is 2.87. The molecule has 0 aliphatic carbocycles. The number of sulfone groups is 1. The van der Waals surface area contributed by atoms with Gasteiger partial charge in [-0.2, -0.15) is 0 Å². The van der Waals surface area contributed by atoms with E-state index in [4.69, 9.17) is 10.5 Å². The molecule has 7 heteroatoms. The standard InChI is InChI=1S/C18H22N2O4S/c1-12(19)18(21)20-17(13-7-9-15(24-2)10-8-13)14-5-4-6-16(11-14)25(3,22)23/h4-12,17H,19H2,1-3H3,(H,20,21)/t12-,17?/m1/s1. The van der Waals surface area contributed by atoms with E-state index in [0.29, 0.717) is 11.3 Å². The predicted octanol–water partition coefficient (Wildman–Crippen LogP) is 1.65.